The van der Waals surface area contributed by atoms with Crippen molar-refractivity contribution in [3.8, 4) is 0 Å². The van der Waals surface area contributed by atoms with E-state index in [2.05, 4.69) is 5.10 Å². The number of rotatable bonds is 1. The van der Waals surface area contributed by atoms with E-state index in [-0.39, 0.29) is 6.23 Å². The lowest BCUT2D eigenvalue weighted by Gasteiger charge is -2.08. The zero-order chi connectivity index (χ0) is 7.68. The third kappa shape index (κ3) is 1.28. The number of aromatic nitrogens is 2. The predicted molar refractivity (Wildman–Crippen MR) is 41.2 cm³/mol. The Labute approximate surface area is 66.0 Å². The topological polar surface area (TPSA) is 27.1 Å². The van der Waals surface area contributed by atoms with Gasteiger partial charge in [-0.15, -0.1) is 0 Å². The number of hydrogen-bond donors (Lipinski definition) is 0. The van der Waals surface area contributed by atoms with Gasteiger partial charge in [0, 0.05) is 12.8 Å². The third-order valence-electron chi connectivity index (χ3n) is 1.93. The number of hydrogen-bond acceptors (Lipinski definition) is 2. The van der Waals surface area contributed by atoms with Crippen molar-refractivity contribution in [3.05, 3.63) is 18.0 Å². The first-order chi connectivity index (χ1) is 5.36. The van der Waals surface area contributed by atoms with Crippen LogP contribution >= 0.6 is 0 Å². The third-order valence-corrected chi connectivity index (χ3v) is 1.93. The highest BCUT2D eigenvalue weighted by molar-refractivity contribution is 4.99. The molecule has 0 aromatic carbocycles. The molecule has 3 nitrogen and oxygen atoms in total. The molecule has 11 heavy (non-hydrogen) atoms. The zero-order valence-electron chi connectivity index (χ0n) is 6.66. The molecule has 1 aromatic heterocycles. The molecular weight excluding hydrogens is 140 g/mol. The molecule has 0 N–H and O–H groups in total. The largest absolute Gasteiger partial charge is 0.357 e. The molecule has 60 valence electrons. The van der Waals surface area contributed by atoms with E-state index in [1.165, 1.54) is 5.56 Å². The number of aryl methyl sites for hydroxylation is 1. The van der Waals surface area contributed by atoms with Crippen molar-refractivity contribution < 1.29 is 4.74 Å². The van der Waals surface area contributed by atoms with Crippen molar-refractivity contribution in [2.75, 3.05) is 6.61 Å². The maximum atomic E-state index is 5.45. The molecule has 3 heteroatoms. The molecule has 1 saturated heterocycles. The van der Waals surface area contributed by atoms with E-state index in [9.17, 15) is 0 Å². The SMILES string of the molecule is Cc1cnn(C2CCCO2)c1. The van der Waals surface area contributed by atoms with Gasteiger partial charge in [-0.25, -0.2) is 4.68 Å². The standard InChI is InChI=1S/C8H12N2O/c1-7-5-9-10(6-7)8-3-2-4-11-8/h5-6,8H,2-4H2,1H3. The van der Waals surface area contributed by atoms with Gasteiger partial charge in [0.2, 0.25) is 0 Å². The zero-order valence-corrected chi connectivity index (χ0v) is 6.66. The van der Waals surface area contributed by atoms with Gasteiger partial charge in [0.25, 0.3) is 0 Å². The van der Waals surface area contributed by atoms with Gasteiger partial charge in [0.1, 0.15) is 6.23 Å². The molecule has 0 spiro atoms. The van der Waals surface area contributed by atoms with E-state index in [0.717, 1.165) is 19.4 Å². The monoisotopic (exact) mass is 152 g/mol. The summed E-state index contributed by atoms with van der Waals surface area (Å²) in [4.78, 5) is 0. The van der Waals surface area contributed by atoms with Crippen molar-refractivity contribution in [2.45, 2.75) is 26.0 Å². The summed E-state index contributed by atoms with van der Waals surface area (Å²) in [5.74, 6) is 0. The van der Waals surface area contributed by atoms with Crippen LogP contribution in [0, 0.1) is 6.92 Å². The Morgan fingerprint density at radius 3 is 3.18 bits per heavy atom. The summed E-state index contributed by atoms with van der Waals surface area (Å²) in [6.07, 6.45) is 6.34. The number of nitrogens with zero attached hydrogens (tertiary/aromatic N) is 2. The minimum atomic E-state index is 0.198. The molecule has 0 saturated carbocycles. The highest BCUT2D eigenvalue weighted by Crippen LogP contribution is 2.21. The van der Waals surface area contributed by atoms with Crippen molar-refractivity contribution in [1.82, 2.24) is 9.78 Å². The Morgan fingerprint density at radius 2 is 2.64 bits per heavy atom. The second kappa shape index (κ2) is 2.66. The molecule has 1 atom stereocenters. The molecule has 1 aromatic rings. The van der Waals surface area contributed by atoms with Crippen LogP contribution in [-0.2, 0) is 4.74 Å². The predicted octanol–water partition coefficient (Wildman–Crippen LogP) is 1.50. The van der Waals surface area contributed by atoms with Crippen LogP contribution in [0.1, 0.15) is 24.6 Å². The average Bonchev–Trinajstić information content (AvgIpc) is 2.55. The van der Waals surface area contributed by atoms with Crippen LogP contribution in [0.15, 0.2) is 12.4 Å². The van der Waals surface area contributed by atoms with Crippen LogP contribution in [-0.4, -0.2) is 16.4 Å². The Balaban J connectivity index is 2.15. The molecule has 1 aliphatic heterocycles. The van der Waals surface area contributed by atoms with E-state index in [1.54, 1.807) is 0 Å². The lowest BCUT2D eigenvalue weighted by atomic mass is 10.3. The molecule has 1 fully saturated rings. The Hall–Kier alpha value is -0.830. The quantitative estimate of drug-likeness (QED) is 0.609. The molecular formula is C8H12N2O. The van der Waals surface area contributed by atoms with Crippen molar-refractivity contribution in [2.24, 2.45) is 0 Å². The number of ether oxygens (including phenoxy) is 1. The summed E-state index contributed by atoms with van der Waals surface area (Å²) >= 11 is 0. The van der Waals surface area contributed by atoms with Gasteiger partial charge in [-0.1, -0.05) is 0 Å². The fourth-order valence-corrected chi connectivity index (χ4v) is 1.36. The molecule has 1 unspecified atom stereocenters. The van der Waals surface area contributed by atoms with E-state index in [1.807, 2.05) is 24.0 Å². The summed E-state index contributed by atoms with van der Waals surface area (Å²) in [6.45, 7) is 2.92. The molecule has 2 rings (SSSR count). The van der Waals surface area contributed by atoms with Gasteiger partial charge < -0.3 is 4.74 Å². The highest BCUT2D eigenvalue weighted by atomic mass is 16.5. The molecule has 2 heterocycles. The summed E-state index contributed by atoms with van der Waals surface area (Å²) in [5.41, 5.74) is 1.19. The Bertz CT molecular complexity index is 238. The van der Waals surface area contributed by atoms with Gasteiger partial charge in [0.05, 0.1) is 6.20 Å². The molecule has 0 bridgehead atoms. The summed E-state index contributed by atoms with van der Waals surface area (Å²) in [5, 5.41) is 4.19. The van der Waals surface area contributed by atoms with Crippen molar-refractivity contribution in [3.63, 3.8) is 0 Å². The maximum absolute atomic E-state index is 5.45. The van der Waals surface area contributed by atoms with Crippen LogP contribution in [0.4, 0.5) is 0 Å². The molecule has 1 aliphatic rings. The van der Waals surface area contributed by atoms with E-state index >= 15 is 0 Å². The first-order valence-corrected chi connectivity index (χ1v) is 3.98. The van der Waals surface area contributed by atoms with Gasteiger partial charge in [-0.3, -0.25) is 0 Å². The summed E-state index contributed by atoms with van der Waals surface area (Å²) in [6, 6.07) is 0. The minimum Gasteiger partial charge on any atom is -0.357 e. The van der Waals surface area contributed by atoms with Gasteiger partial charge in [-0.05, 0) is 25.3 Å². The van der Waals surface area contributed by atoms with Crippen molar-refractivity contribution >= 4 is 0 Å². The molecule has 0 radical (unpaired) electrons. The fraction of sp³-hybridized carbons (Fsp3) is 0.625. The van der Waals surface area contributed by atoms with Crippen molar-refractivity contribution in [1.29, 1.82) is 0 Å². The van der Waals surface area contributed by atoms with Gasteiger partial charge in [0.15, 0.2) is 0 Å². The summed E-state index contributed by atoms with van der Waals surface area (Å²) < 4.78 is 7.36. The van der Waals surface area contributed by atoms with Gasteiger partial charge in [-0.2, -0.15) is 5.10 Å². The lowest BCUT2D eigenvalue weighted by molar-refractivity contribution is 0.0467. The first kappa shape index (κ1) is 6.85. The second-order valence-electron chi connectivity index (χ2n) is 2.97. The summed E-state index contributed by atoms with van der Waals surface area (Å²) in [7, 11) is 0. The first-order valence-electron chi connectivity index (χ1n) is 3.98. The van der Waals surface area contributed by atoms with Crippen LogP contribution in [0.2, 0.25) is 0 Å². The van der Waals surface area contributed by atoms with Crippen LogP contribution in [0.25, 0.3) is 0 Å². The average molecular weight is 152 g/mol. The second-order valence-corrected chi connectivity index (χ2v) is 2.97. The highest BCUT2D eigenvalue weighted by Gasteiger charge is 2.17. The minimum absolute atomic E-state index is 0.198. The Morgan fingerprint density at radius 1 is 1.73 bits per heavy atom. The van der Waals surface area contributed by atoms with Crippen LogP contribution in [0.5, 0.6) is 0 Å². The smallest absolute Gasteiger partial charge is 0.150 e. The Kier molecular flexibility index (Phi) is 1.66. The van der Waals surface area contributed by atoms with Crippen LogP contribution in [0.3, 0.4) is 0 Å². The molecule has 0 aliphatic carbocycles. The molecule has 0 amide bonds. The van der Waals surface area contributed by atoms with E-state index in [4.69, 9.17) is 4.74 Å². The maximum Gasteiger partial charge on any atom is 0.150 e. The normalized spacial score (nSPS) is 24.3. The fourth-order valence-electron chi connectivity index (χ4n) is 1.36. The van der Waals surface area contributed by atoms with E-state index < -0.39 is 0 Å². The van der Waals surface area contributed by atoms with Crippen LogP contribution < -0.4 is 0 Å². The van der Waals surface area contributed by atoms with Gasteiger partial charge >= 0.3 is 0 Å². The van der Waals surface area contributed by atoms with E-state index in [0.29, 0.717) is 0 Å². The lowest BCUT2D eigenvalue weighted by Crippen LogP contribution is -2.06.